The molecule has 2 rings (SSSR count). The molecule has 0 N–H and O–H groups in total. The molecule has 0 saturated heterocycles. The van der Waals surface area contributed by atoms with Crippen LogP contribution in [-0.2, 0) is 20.9 Å². The maximum atomic E-state index is 6.15. The van der Waals surface area contributed by atoms with Gasteiger partial charge in [-0.15, -0.1) is 0 Å². The van der Waals surface area contributed by atoms with Crippen molar-refractivity contribution < 1.29 is 9.05 Å². The van der Waals surface area contributed by atoms with E-state index in [0.29, 0.717) is 6.61 Å². The minimum atomic E-state index is -2.25. The first-order chi connectivity index (χ1) is 9.62. The predicted molar refractivity (Wildman–Crippen MR) is 87.6 cm³/mol. The van der Waals surface area contributed by atoms with Crippen LogP contribution in [0, 0.1) is 0 Å². The zero-order valence-corrected chi connectivity index (χ0v) is 13.4. The van der Waals surface area contributed by atoms with E-state index in [1.165, 1.54) is 0 Å². The van der Waals surface area contributed by atoms with Crippen LogP contribution >= 0.6 is 6.49 Å². The zero-order chi connectivity index (χ0) is 14.4. The molecule has 0 amide bonds. The van der Waals surface area contributed by atoms with E-state index in [4.69, 9.17) is 20.9 Å². The fourth-order valence-electron chi connectivity index (χ4n) is 2.03. The summed E-state index contributed by atoms with van der Waals surface area (Å²) in [6.07, 6.45) is -0.181. The van der Waals surface area contributed by atoms with E-state index in [0.717, 1.165) is 11.1 Å². The van der Waals surface area contributed by atoms with E-state index >= 15 is 0 Å². The summed E-state index contributed by atoms with van der Waals surface area (Å²) < 4.78 is 11.8. The second kappa shape index (κ2) is 7.14. The van der Waals surface area contributed by atoms with Crippen LogP contribution < -0.4 is 0 Å². The third-order valence-electron chi connectivity index (χ3n) is 2.87. The highest BCUT2D eigenvalue weighted by Crippen LogP contribution is 2.50. The first kappa shape index (κ1) is 15.4. The normalized spacial score (nSPS) is 14.2. The number of rotatable bonds is 6. The van der Waals surface area contributed by atoms with E-state index in [9.17, 15) is 0 Å². The highest BCUT2D eigenvalue weighted by Gasteiger charge is 2.22. The minimum Gasteiger partial charge on any atom is -0.330 e. The van der Waals surface area contributed by atoms with Crippen LogP contribution in [0.4, 0.5) is 0 Å². The van der Waals surface area contributed by atoms with Gasteiger partial charge in [-0.3, -0.25) is 0 Å². The van der Waals surface area contributed by atoms with E-state index in [2.05, 4.69) is 24.3 Å². The van der Waals surface area contributed by atoms with Crippen molar-refractivity contribution in [3.8, 4) is 0 Å². The van der Waals surface area contributed by atoms with Gasteiger partial charge in [0.05, 0.1) is 6.61 Å². The molecule has 2 aromatic rings. The first-order valence-corrected chi connectivity index (χ1v) is 9.71. The second-order valence-electron chi connectivity index (χ2n) is 4.50. The van der Waals surface area contributed by atoms with Crippen molar-refractivity contribution in [1.82, 2.24) is 0 Å². The number of benzene rings is 2. The molecular formula is C16H19O2PS. The lowest BCUT2D eigenvalue weighted by Gasteiger charge is -2.25. The third kappa shape index (κ3) is 4.26. The maximum absolute atomic E-state index is 6.15. The Labute approximate surface area is 125 Å². The summed E-state index contributed by atoms with van der Waals surface area (Å²) in [4.78, 5) is 0. The van der Waals surface area contributed by atoms with Crippen LogP contribution in [0.2, 0.25) is 0 Å². The molecule has 0 heterocycles. The Morgan fingerprint density at radius 3 is 1.80 bits per heavy atom. The molecule has 0 aliphatic rings. The summed E-state index contributed by atoms with van der Waals surface area (Å²) >= 11 is 5.49. The smallest absolute Gasteiger partial charge is 0.186 e. The molecule has 0 fully saturated rings. The average molecular weight is 306 g/mol. The summed E-state index contributed by atoms with van der Waals surface area (Å²) in [5.41, 5.74) is 2.18. The number of hydrogen-bond acceptors (Lipinski definition) is 3. The summed E-state index contributed by atoms with van der Waals surface area (Å²) in [6.45, 7) is 2.15. The molecule has 4 heteroatoms. The van der Waals surface area contributed by atoms with Gasteiger partial charge in [0.2, 0.25) is 0 Å². The van der Waals surface area contributed by atoms with Gasteiger partial charge >= 0.3 is 0 Å². The van der Waals surface area contributed by atoms with Gasteiger partial charge in [-0.1, -0.05) is 60.7 Å². The molecular weight excluding hydrogens is 287 g/mol. The van der Waals surface area contributed by atoms with Gasteiger partial charge in [0.15, 0.2) is 6.49 Å². The predicted octanol–water partition coefficient (Wildman–Crippen LogP) is 4.77. The Kier molecular flexibility index (Phi) is 5.50. The average Bonchev–Trinajstić information content (AvgIpc) is 2.47. The third-order valence-corrected chi connectivity index (χ3v) is 4.76. The standard InChI is InChI=1S/C16H19O2PS/c1-3-17-19(2,20)18-16(14-10-6-4-7-11-14)15-12-8-5-9-13-15/h4-13,16H,3H2,1-2H3. The van der Waals surface area contributed by atoms with Crippen LogP contribution in [0.3, 0.4) is 0 Å². The Bertz CT molecular complexity index is 532. The molecule has 1 unspecified atom stereocenters. The molecule has 0 aromatic heterocycles. The summed E-state index contributed by atoms with van der Waals surface area (Å²) in [5.74, 6) is 0. The molecule has 2 aromatic carbocycles. The summed E-state index contributed by atoms with van der Waals surface area (Å²) in [5, 5.41) is 0. The number of hydrogen-bond donors (Lipinski definition) is 0. The van der Waals surface area contributed by atoms with Crippen molar-refractivity contribution in [2.45, 2.75) is 13.0 Å². The topological polar surface area (TPSA) is 18.5 Å². The molecule has 20 heavy (non-hydrogen) atoms. The van der Waals surface area contributed by atoms with E-state index < -0.39 is 6.49 Å². The minimum absolute atomic E-state index is 0.181. The van der Waals surface area contributed by atoms with Gasteiger partial charge in [0.25, 0.3) is 0 Å². The molecule has 0 bridgehead atoms. The van der Waals surface area contributed by atoms with Crippen LogP contribution in [0.25, 0.3) is 0 Å². The van der Waals surface area contributed by atoms with Crippen LogP contribution in [0.1, 0.15) is 24.2 Å². The lowest BCUT2D eigenvalue weighted by molar-refractivity contribution is 0.215. The molecule has 0 radical (unpaired) electrons. The van der Waals surface area contributed by atoms with E-state index in [1.807, 2.05) is 50.0 Å². The largest absolute Gasteiger partial charge is 0.330 e. The molecule has 0 spiro atoms. The van der Waals surface area contributed by atoms with Gasteiger partial charge in [-0.25, -0.2) is 0 Å². The monoisotopic (exact) mass is 306 g/mol. The van der Waals surface area contributed by atoms with Crippen molar-refractivity contribution in [2.24, 2.45) is 0 Å². The molecule has 0 aliphatic heterocycles. The second-order valence-corrected chi connectivity index (χ2v) is 8.50. The Morgan fingerprint density at radius 1 is 0.950 bits per heavy atom. The molecule has 1 atom stereocenters. The fourth-order valence-corrected chi connectivity index (χ4v) is 3.76. The van der Waals surface area contributed by atoms with Crippen molar-refractivity contribution in [3.63, 3.8) is 0 Å². The molecule has 0 aliphatic carbocycles. The van der Waals surface area contributed by atoms with Crippen LogP contribution in [0.5, 0.6) is 0 Å². The van der Waals surface area contributed by atoms with Crippen molar-refractivity contribution in [2.75, 3.05) is 13.3 Å². The summed E-state index contributed by atoms with van der Waals surface area (Å²) in [6, 6.07) is 20.2. The Morgan fingerprint density at radius 2 is 1.40 bits per heavy atom. The highest BCUT2D eigenvalue weighted by molar-refractivity contribution is 8.09. The quantitative estimate of drug-likeness (QED) is 0.716. The van der Waals surface area contributed by atoms with Gasteiger partial charge in [-0.2, -0.15) is 0 Å². The van der Waals surface area contributed by atoms with Crippen LogP contribution in [0.15, 0.2) is 60.7 Å². The van der Waals surface area contributed by atoms with Gasteiger partial charge in [0.1, 0.15) is 6.10 Å². The fraction of sp³-hybridized carbons (Fsp3) is 0.250. The zero-order valence-electron chi connectivity index (χ0n) is 11.7. The molecule has 2 nitrogen and oxygen atoms in total. The van der Waals surface area contributed by atoms with Gasteiger partial charge < -0.3 is 9.05 Å². The molecule has 0 saturated carbocycles. The van der Waals surface area contributed by atoms with Gasteiger partial charge in [0, 0.05) is 6.66 Å². The van der Waals surface area contributed by atoms with E-state index in [1.54, 1.807) is 0 Å². The summed E-state index contributed by atoms with van der Waals surface area (Å²) in [7, 11) is 0. The van der Waals surface area contributed by atoms with Gasteiger partial charge in [-0.05, 0) is 29.9 Å². The molecule has 106 valence electrons. The highest BCUT2D eigenvalue weighted by atomic mass is 32.5. The Balaban J connectivity index is 2.33. The Hall–Kier alpha value is -0.990. The van der Waals surface area contributed by atoms with Crippen molar-refractivity contribution in [3.05, 3.63) is 71.8 Å². The first-order valence-electron chi connectivity index (χ1n) is 6.63. The van der Waals surface area contributed by atoms with Crippen LogP contribution in [-0.4, -0.2) is 13.3 Å². The maximum Gasteiger partial charge on any atom is 0.186 e. The van der Waals surface area contributed by atoms with Crippen molar-refractivity contribution in [1.29, 1.82) is 0 Å². The SMILES string of the molecule is CCOP(C)(=S)OC(c1ccccc1)c1ccccc1. The van der Waals surface area contributed by atoms with E-state index in [-0.39, 0.29) is 6.10 Å². The lowest BCUT2D eigenvalue weighted by Crippen LogP contribution is -2.06. The lowest BCUT2D eigenvalue weighted by atomic mass is 10.0. The van der Waals surface area contributed by atoms with Crippen molar-refractivity contribution >= 4 is 18.3 Å².